The van der Waals surface area contributed by atoms with Gasteiger partial charge in [-0.3, -0.25) is 4.79 Å². The Labute approximate surface area is 157 Å². The third-order valence-electron chi connectivity index (χ3n) is 4.81. The van der Waals surface area contributed by atoms with E-state index in [4.69, 9.17) is 4.74 Å². The van der Waals surface area contributed by atoms with Crippen molar-refractivity contribution in [1.29, 1.82) is 0 Å². The number of nitrogens with one attached hydrogen (secondary N) is 2. The molecule has 0 aromatic heterocycles. The van der Waals surface area contributed by atoms with Crippen LogP contribution in [-0.2, 0) is 9.53 Å². The summed E-state index contributed by atoms with van der Waals surface area (Å²) in [6.07, 6.45) is 1.96. The van der Waals surface area contributed by atoms with Crippen LogP contribution in [0, 0.1) is 5.82 Å². The number of anilines is 3. The molecule has 0 saturated carbocycles. The molecule has 1 amide bonds. The van der Waals surface area contributed by atoms with Gasteiger partial charge in [0.25, 0.3) is 5.91 Å². The van der Waals surface area contributed by atoms with Crippen LogP contribution >= 0.6 is 0 Å². The molecule has 1 fully saturated rings. The number of hydrogen-bond acceptors (Lipinski definition) is 4. The molecule has 2 aliphatic heterocycles. The molecular weight excluding hydrogens is 345 g/mol. The summed E-state index contributed by atoms with van der Waals surface area (Å²) in [6, 6.07) is 12.6. The predicted octanol–water partition coefficient (Wildman–Crippen LogP) is 3.84. The van der Waals surface area contributed by atoms with Gasteiger partial charge in [0, 0.05) is 36.2 Å². The summed E-state index contributed by atoms with van der Waals surface area (Å²) in [6.45, 7) is 5.87. The minimum Gasteiger partial charge on any atom is -0.372 e. The van der Waals surface area contributed by atoms with E-state index in [0.717, 1.165) is 24.5 Å². The standard InChI is InChI=1S/C21H22FN3O2/c1-13-11-25(12-14(2)27-13)16-8-6-15(7-9-16)23-10-17-20-18(22)4-3-5-19(20)24-21(17)26/h3-10,13-14,23H,11-12H2,1-2H3,(H,24,26)/b17-10+. The van der Waals surface area contributed by atoms with Crippen LogP contribution in [0.2, 0.25) is 0 Å². The molecule has 2 atom stereocenters. The maximum absolute atomic E-state index is 14.1. The zero-order valence-corrected chi connectivity index (χ0v) is 15.3. The lowest BCUT2D eigenvalue weighted by molar-refractivity contribution is -0.110. The number of amides is 1. The van der Waals surface area contributed by atoms with Crippen molar-refractivity contribution < 1.29 is 13.9 Å². The van der Waals surface area contributed by atoms with Gasteiger partial charge in [0.2, 0.25) is 0 Å². The number of hydrogen-bond donors (Lipinski definition) is 2. The lowest BCUT2D eigenvalue weighted by Crippen LogP contribution is -2.45. The van der Waals surface area contributed by atoms with E-state index >= 15 is 0 Å². The Morgan fingerprint density at radius 1 is 1.15 bits per heavy atom. The summed E-state index contributed by atoms with van der Waals surface area (Å²) in [5.41, 5.74) is 3.06. The van der Waals surface area contributed by atoms with Gasteiger partial charge >= 0.3 is 0 Å². The summed E-state index contributed by atoms with van der Waals surface area (Å²) in [5.74, 6) is -0.722. The molecule has 1 saturated heterocycles. The summed E-state index contributed by atoms with van der Waals surface area (Å²) in [7, 11) is 0. The van der Waals surface area contributed by atoms with Gasteiger partial charge in [-0.2, -0.15) is 0 Å². The Kier molecular flexibility index (Phi) is 4.58. The molecule has 2 aliphatic rings. The Bertz CT molecular complexity index is 885. The van der Waals surface area contributed by atoms with E-state index in [1.807, 2.05) is 24.3 Å². The van der Waals surface area contributed by atoms with E-state index in [0.29, 0.717) is 16.8 Å². The number of benzene rings is 2. The maximum Gasteiger partial charge on any atom is 0.257 e. The second-order valence-corrected chi connectivity index (χ2v) is 7.03. The lowest BCUT2D eigenvalue weighted by atomic mass is 10.1. The summed E-state index contributed by atoms with van der Waals surface area (Å²) in [5, 5.41) is 5.78. The summed E-state index contributed by atoms with van der Waals surface area (Å²) < 4.78 is 19.9. The SMILES string of the molecule is CC1CN(c2ccc(N/C=C3/C(=O)Nc4cccc(F)c43)cc2)CC(C)O1. The van der Waals surface area contributed by atoms with E-state index in [1.165, 1.54) is 6.07 Å². The Balaban J connectivity index is 1.50. The fourth-order valence-corrected chi connectivity index (χ4v) is 3.66. The number of rotatable bonds is 3. The van der Waals surface area contributed by atoms with Crippen LogP contribution in [0.4, 0.5) is 21.5 Å². The van der Waals surface area contributed by atoms with Crippen molar-refractivity contribution in [3.05, 3.63) is 60.0 Å². The Hall–Kier alpha value is -2.86. The van der Waals surface area contributed by atoms with E-state index < -0.39 is 5.82 Å². The Morgan fingerprint density at radius 3 is 2.56 bits per heavy atom. The predicted molar refractivity (Wildman–Crippen MR) is 105 cm³/mol. The molecule has 0 spiro atoms. The van der Waals surface area contributed by atoms with Crippen molar-refractivity contribution in [1.82, 2.24) is 0 Å². The molecule has 27 heavy (non-hydrogen) atoms. The molecule has 0 aliphatic carbocycles. The van der Waals surface area contributed by atoms with E-state index in [1.54, 1.807) is 18.3 Å². The molecule has 2 aromatic rings. The van der Waals surface area contributed by atoms with Crippen LogP contribution in [0.3, 0.4) is 0 Å². The van der Waals surface area contributed by atoms with Crippen LogP contribution in [0.5, 0.6) is 0 Å². The third-order valence-corrected chi connectivity index (χ3v) is 4.81. The summed E-state index contributed by atoms with van der Waals surface area (Å²) >= 11 is 0. The van der Waals surface area contributed by atoms with Gasteiger partial charge < -0.3 is 20.3 Å². The van der Waals surface area contributed by atoms with Crippen molar-refractivity contribution in [2.24, 2.45) is 0 Å². The zero-order valence-electron chi connectivity index (χ0n) is 15.3. The number of ether oxygens (including phenoxy) is 1. The first-order chi connectivity index (χ1) is 13.0. The highest BCUT2D eigenvalue weighted by molar-refractivity contribution is 6.31. The van der Waals surface area contributed by atoms with Crippen LogP contribution < -0.4 is 15.5 Å². The van der Waals surface area contributed by atoms with Gasteiger partial charge in [-0.1, -0.05) is 6.07 Å². The minimum absolute atomic E-state index is 0.201. The first kappa shape index (κ1) is 17.5. The second-order valence-electron chi connectivity index (χ2n) is 7.03. The normalized spacial score (nSPS) is 23.3. The number of halogens is 1. The average molecular weight is 367 g/mol. The second kappa shape index (κ2) is 7.04. The number of fused-ring (bicyclic) bond motifs is 1. The summed E-state index contributed by atoms with van der Waals surface area (Å²) in [4.78, 5) is 14.4. The third kappa shape index (κ3) is 3.53. The van der Waals surface area contributed by atoms with Crippen LogP contribution in [0.15, 0.2) is 48.7 Å². The molecule has 0 bridgehead atoms. The first-order valence-electron chi connectivity index (χ1n) is 9.08. The number of carbonyl (C=O) groups is 1. The van der Waals surface area contributed by atoms with Crippen molar-refractivity contribution in [3.8, 4) is 0 Å². The fraction of sp³-hybridized carbons (Fsp3) is 0.286. The highest BCUT2D eigenvalue weighted by Crippen LogP contribution is 2.33. The van der Waals surface area contributed by atoms with Gasteiger partial charge in [-0.05, 0) is 50.2 Å². The van der Waals surface area contributed by atoms with E-state index in [2.05, 4.69) is 29.4 Å². The molecule has 5 nitrogen and oxygen atoms in total. The molecule has 2 unspecified atom stereocenters. The van der Waals surface area contributed by atoms with Crippen molar-refractivity contribution >= 4 is 28.5 Å². The van der Waals surface area contributed by atoms with Crippen LogP contribution in [0.1, 0.15) is 19.4 Å². The quantitative estimate of drug-likeness (QED) is 0.810. The fourth-order valence-electron chi connectivity index (χ4n) is 3.66. The van der Waals surface area contributed by atoms with Gasteiger partial charge in [0.15, 0.2) is 0 Å². The van der Waals surface area contributed by atoms with Gasteiger partial charge in [-0.25, -0.2) is 4.39 Å². The van der Waals surface area contributed by atoms with Gasteiger partial charge in [0.1, 0.15) is 5.82 Å². The first-order valence-corrected chi connectivity index (χ1v) is 9.08. The Morgan fingerprint density at radius 2 is 1.85 bits per heavy atom. The lowest BCUT2D eigenvalue weighted by Gasteiger charge is -2.36. The molecule has 2 heterocycles. The smallest absolute Gasteiger partial charge is 0.257 e. The molecule has 6 heteroatoms. The number of morpholine rings is 1. The molecule has 2 N–H and O–H groups in total. The van der Waals surface area contributed by atoms with Crippen molar-refractivity contribution in [2.75, 3.05) is 28.6 Å². The number of carbonyl (C=O) groups excluding carboxylic acids is 1. The van der Waals surface area contributed by atoms with Gasteiger partial charge in [0.05, 0.1) is 23.5 Å². The maximum atomic E-state index is 14.1. The average Bonchev–Trinajstić information content (AvgIpc) is 2.96. The molecule has 0 radical (unpaired) electrons. The molecular formula is C21H22FN3O2. The van der Waals surface area contributed by atoms with Gasteiger partial charge in [-0.15, -0.1) is 0 Å². The zero-order chi connectivity index (χ0) is 19.0. The highest BCUT2D eigenvalue weighted by Gasteiger charge is 2.27. The number of nitrogens with zero attached hydrogens (tertiary/aromatic N) is 1. The topological polar surface area (TPSA) is 53.6 Å². The molecule has 2 aromatic carbocycles. The molecule has 4 rings (SSSR count). The van der Waals surface area contributed by atoms with Crippen molar-refractivity contribution in [2.45, 2.75) is 26.1 Å². The molecule has 140 valence electrons. The largest absolute Gasteiger partial charge is 0.372 e. The van der Waals surface area contributed by atoms with E-state index in [9.17, 15) is 9.18 Å². The van der Waals surface area contributed by atoms with Crippen molar-refractivity contribution in [3.63, 3.8) is 0 Å². The van der Waals surface area contributed by atoms with Crippen LogP contribution in [0.25, 0.3) is 5.57 Å². The minimum atomic E-state index is -0.412. The monoisotopic (exact) mass is 367 g/mol. The highest BCUT2D eigenvalue weighted by atomic mass is 19.1. The van der Waals surface area contributed by atoms with Crippen LogP contribution in [-0.4, -0.2) is 31.2 Å². The van der Waals surface area contributed by atoms with E-state index in [-0.39, 0.29) is 18.1 Å².